The smallest absolute Gasteiger partial charge is 0.338 e. The first-order valence-electron chi connectivity index (χ1n) is 8.75. The van der Waals surface area contributed by atoms with Crippen molar-refractivity contribution < 1.29 is 19.2 Å². The molecule has 1 atom stereocenters. The van der Waals surface area contributed by atoms with Crippen molar-refractivity contribution in [1.82, 2.24) is 5.32 Å². The van der Waals surface area contributed by atoms with Crippen LogP contribution in [0.4, 0.5) is 5.69 Å². The quantitative estimate of drug-likeness (QED) is 0.333. The molecule has 0 aliphatic rings. The molecule has 0 radical (unpaired) electrons. The number of fused-ring (bicyclic) bond motifs is 1. The number of rotatable bonds is 6. The van der Waals surface area contributed by atoms with Gasteiger partial charge in [-0.2, -0.15) is 0 Å². The number of ether oxygens (including phenoxy) is 1. The summed E-state index contributed by atoms with van der Waals surface area (Å²) in [4.78, 5) is 34.7. The van der Waals surface area contributed by atoms with Gasteiger partial charge in [0.15, 0.2) is 6.61 Å². The van der Waals surface area contributed by atoms with E-state index in [0.717, 1.165) is 22.4 Å². The number of hydrogen-bond acceptors (Lipinski definition) is 5. The molecule has 3 rings (SSSR count). The zero-order valence-electron chi connectivity index (χ0n) is 15.4. The Kier molecular flexibility index (Phi) is 6.23. The molecule has 1 unspecified atom stereocenters. The third kappa shape index (κ3) is 4.78. The van der Waals surface area contributed by atoms with Gasteiger partial charge in [-0.05, 0) is 51.3 Å². The molecule has 0 fully saturated rings. The molecule has 1 N–H and O–H groups in total. The Morgan fingerprint density at radius 2 is 1.86 bits per heavy atom. The lowest BCUT2D eigenvalue weighted by atomic mass is 10.00. The van der Waals surface area contributed by atoms with Crippen molar-refractivity contribution in [2.45, 2.75) is 13.0 Å². The fraction of sp³-hybridized carbons (Fsp3) is 0.143. The van der Waals surface area contributed by atoms with Crippen LogP contribution in [0.1, 0.15) is 28.9 Å². The molecule has 0 spiro atoms. The normalized spacial score (nSPS) is 11.7. The van der Waals surface area contributed by atoms with E-state index in [1.165, 1.54) is 12.1 Å². The molecular weight excluding hydrogens is 440 g/mol. The number of nitrogens with one attached hydrogen (secondary N) is 1. The summed E-state index contributed by atoms with van der Waals surface area (Å²) in [7, 11) is 0. The van der Waals surface area contributed by atoms with Crippen molar-refractivity contribution in [2.75, 3.05) is 6.61 Å². The van der Waals surface area contributed by atoms with Crippen LogP contribution in [0.3, 0.4) is 0 Å². The third-order valence-corrected chi connectivity index (χ3v) is 5.05. The Morgan fingerprint density at radius 1 is 1.14 bits per heavy atom. The Hall–Kier alpha value is -3.26. The van der Waals surface area contributed by atoms with Crippen molar-refractivity contribution in [2.24, 2.45) is 0 Å². The Morgan fingerprint density at radius 3 is 2.62 bits per heavy atom. The Balaban J connectivity index is 1.63. The van der Waals surface area contributed by atoms with Gasteiger partial charge in [0.2, 0.25) is 0 Å². The average Bonchev–Trinajstić information content (AvgIpc) is 2.71. The topological polar surface area (TPSA) is 98.5 Å². The van der Waals surface area contributed by atoms with Gasteiger partial charge >= 0.3 is 5.97 Å². The molecule has 29 heavy (non-hydrogen) atoms. The monoisotopic (exact) mass is 456 g/mol. The molecule has 148 valence electrons. The highest BCUT2D eigenvalue weighted by atomic mass is 79.9. The zero-order valence-corrected chi connectivity index (χ0v) is 17.0. The van der Waals surface area contributed by atoms with E-state index in [4.69, 9.17) is 4.74 Å². The van der Waals surface area contributed by atoms with Crippen molar-refractivity contribution in [1.29, 1.82) is 0 Å². The molecule has 0 aliphatic heterocycles. The van der Waals surface area contributed by atoms with E-state index in [0.29, 0.717) is 0 Å². The van der Waals surface area contributed by atoms with Gasteiger partial charge in [-0.25, -0.2) is 4.79 Å². The number of carbonyl (C=O) groups excluding carboxylic acids is 2. The molecule has 7 nitrogen and oxygen atoms in total. The van der Waals surface area contributed by atoms with Gasteiger partial charge in [0, 0.05) is 6.07 Å². The molecular formula is C21H17BrN2O5. The molecule has 0 aliphatic carbocycles. The number of nitro benzene ring substituents is 1. The lowest BCUT2D eigenvalue weighted by Crippen LogP contribution is -2.31. The maximum atomic E-state index is 12.2. The van der Waals surface area contributed by atoms with Gasteiger partial charge in [-0.3, -0.25) is 14.9 Å². The highest BCUT2D eigenvalue weighted by Gasteiger charge is 2.18. The Bertz CT molecular complexity index is 1090. The summed E-state index contributed by atoms with van der Waals surface area (Å²) >= 11 is 3.05. The SMILES string of the molecule is CC(NC(=O)COC(=O)c1ccc(Br)c([N+](=O)[O-])c1)c1cccc2ccccc12. The molecule has 0 heterocycles. The summed E-state index contributed by atoms with van der Waals surface area (Å²) in [6, 6.07) is 17.3. The summed E-state index contributed by atoms with van der Waals surface area (Å²) in [5.41, 5.74) is 0.689. The van der Waals surface area contributed by atoms with E-state index in [1.807, 2.05) is 49.4 Å². The van der Waals surface area contributed by atoms with E-state index in [2.05, 4.69) is 21.2 Å². The van der Waals surface area contributed by atoms with Crippen molar-refractivity contribution >= 4 is 44.3 Å². The number of hydrogen-bond donors (Lipinski definition) is 1. The number of halogens is 1. The van der Waals surface area contributed by atoms with Gasteiger partial charge in [0.1, 0.15) is 0 Å². The van der Waals surface area contributed by atoms with E-state index >= 15 is 0 Å². The second-order valence-electron chi connectivity index (χ2n) is 6.36. The lowest BCUT2D eigenvalue weighted by molar-refractivity contribution is -0.385. The summed E-state index contributed by atoms with van der Waals surface area (Å²) < 4.78 is 5.25. The second-order valence-corrected chi connectivity index (χ2v) is 7.21. The number of nitro groups is 1. The van der Waals surface area contributed by atoms with Gasteiger partial charge in [0.05, 0.1) is 21.0 Å². The van der Waals surface area contributed by atoms with Crippen LogP contribution in [0.15, 0.2) is 65.1 Å². The van der Waals surface area contributed by atoms with Gasteiger partial charge < -0.3 is 10.1 Å². The van der Waals surface area contributed by atoms with Crippen molar-refractivity contribution in [3.8, 4) is 0 Å². The van der Waals surface area contributed by atoms with E-state index < -0.39 is 23.4 Å². The van der Waals surface area contributed by atoms with Crippen LogP contribution in [-0.2, 0) is 9.53 Å². The molecule has 3 aromatic rings. The predicted octanol–water partition coefficient (Wildman–Crippen LogP) is 4.54. The molecule has 3 aromatic carbocycles. The molecule has 0 saturated carbocycles. The van der Waals surface area contributed by atoms with Crippen LogP contribution in [0.5, 0.6) is 0 Å². The summed E-state index contributed by atoms with van der Waals surface area (Å²) in [5, 5.41) is 15.9. The van der Waals surface area contributed by atoms with Crippen molar-refractivity contribution in [3.05, 3.63) is 86.4 Å². The minimum atomic E-state index is -0.812. The number of esters is 1. The third-order valence-electron chi connectivity index (χ3n) is 4.38. The maximum Gasteiger partial charge on any atom is 0.338 e. The second kappa shape index (κ2) is 8.83. The first kappa shape index (κ1) is 20.5. The predicted molar refractivity (Wildman–Crippen MR) is 112 cm³/mol. The first-order chi connectivity index (χ1) is 13.9. The summed E-state index contributed by atoms with van der Waals surface area (Å²) in [6.07, 6.45) is 0. The molecule has 0 bridgehead atoms. The summed E-state index contributed by atoms with van der Waals surface area (Å²) in [6.45, 7) is 1.36. The van der Waals surface area contributed by atoms with Gasteiger partial charge in [0.25, 0.3) is 11.6 Å². The Labute approximate surface area is 175 Å². The molecule has 0 saturated heterocycles. The highest BCUT2D eigenvalue weighted by molar-refractivity contribution is 9.10. The number of nitrogens with zero attached hydrogens (tertiary/aromatic N) is 1. The van der Waals surface area contributed by atoms with Crippen molar-refractivity contribution in [3.63, 3.8) is 0 Å². The molecule has 8 heteroatoms. The standard InChI is InChI=1S/C21H17BrN2O5/c1-13(16-8-4-6-14-5-2-3-7-17(14)16)23-20(25)12-29-21(26)15-9-10-18(22)19(11-15)24(27)28/h2-11,13H,12H2,1H3,(H,23,25). The summed E-state index contributed by atoms with van der Waals surface area (Å²) in [5.74, 6) is -1.28. The van der Waals surface area contributed by atoms with Gasteiger partial charge in [-0.15, -0.1) is 0 Å². The lowest BCUT2D eigenvalue weighted by Gasteiger charge is -2.16. The van der Waals surface area contributed by atoms with Crippen LogP contribution in [0, 0.1) is 10.1 Å². The van der Waals surface area contributed by atoms with Crippen LogP contribution in [-0.4, -0.2) is 23.4 Å². The first-order valence-corrected chi connectivity index (χ1v) is 9.54. The minimum absolute atomic E-state index is 0.00481. The van der Waals surface area contributed by atoms with Crippen LogP contribution >= 0.6 is 15.9 Å². The number of benzene rings is 3. The minimum Gasteiger partial charge on any atom is -0.452 e. The number of carbonyl (C=O) groups is 2. The average molecular weight is 457 g/mol. The van der Waals surface area contributed by atoms with E-state index in [-0.39, 0.29) is 21.8 Å². The van der Waals surface area contributed by atoms with Crippen LogP contribution in [0.25, 0.3) is 10.8 Å². The van der Waals surface area contributed by atoms with Crippen LogP contribution < -0.4 is 5.32 Å². The largest absolute Gasteiger partial charge is 0.452 e. The maximum absolute atomic E-state index is 12.2. The number of amides is 1. The van der Waals surface area contributed by atoms with Crippen LogP contribution in [0.2, 0.25) is 0 Å². The zero-order chi connectivity index (χ0) is 21.0. The molecule has 1 amide bonds. The van der Waals surface area contributed by atoms with E-state index in [1.54, 1.807) is 0 Å². The van der Waals surface area contributed by atoms with Gasteiger partial charge in [-0.1, -0.05) is 42.5 Å². The van der Waals surface area contributed by atoms with E-state index in [9.17, 15) is 19.7 Å². The fourth-order valence-corrected chi connectivity index (χ4v) is 3.37. The molecule has 0 aromatic heterocycles. The highest BCUT2D eigenvalue weighted by Crippen LogP contribution is 2.26. The fourth-order valence-electron chi connectivity index (χ4n) is 2.98.